The fourth-order valence-electron chi connectivity index (χ4n) is 4.03. The van der Waals surface area contributed by atoms with Crippen molar-refractivity contribution < 1.29 is 18.0 Å². The van der Waals surface area contributed by atoms with E-state index in [1.54, 1.807) is 67.6 Å². The monoisotopic (exact) mass is 653 g/mol. The molecule has 0 saturated carbocycles. The zero-order valence-electron chi connectivity index (χ0n) is 21.8. The molecular weight excluding hydrogens is 625 g/mol. The van der Waals surface area contributed by atoms with Gasteiger partial charge in [0.15, 0.2) is 0 Å². The number of anilines is 1. The highest BCUT2D eigenvalue weighted by molar-refractivity contribution is 9.10. The third-order valence-electron chi connectivity index (χ3n) is 5.91. The van der Waals surface area contributed by atoms with Gasteiger partial charge in [0.1, 0.15) is 12.6 Å². The van der Waals surface area contributed by atoms with E-state index in [0.29, 0.717) is 20.1 Å². The van der Waals surface area contributed by atoms with Crippen LogP contribution in [-0.2, 0) is 26.2 Å². The van der Waals surface area contributed by atoms with Crippen molar-refractivity contribution in [3.63, 3.8) is 0 Å². The summed E-state index contributed by atoms with van der Waals surface area (Å²) in [5, 5.41) is 3.52. The molecule has 0 aliphatic rings. The standard InChI is InChI=1S/C28H30BrCl2N3O4S/c1-4-26(28(36)32-19(2)3)33(17-23-24(30)14-9-15-25(23)31)27(35)18-34(21-11-8-10-20(29)16-21)39(37,38)22-12-6-5-7-13-22/h5-16,19,26H,4,17-18H2,1-3H3,(H,32,36)/t26-/m1/s1. The summed E-state index contributed by atoms with van der Waals surface area (Å²) in [6.45, 7) is 4.79. The van der Waals surface area contributed by atoms with E-state index in [1.165, 1.54) is 17.0 Å². The van der Waals surface area contributed by atoms with E-state index < -0.39 is 28.5 Å². The van der Waals surface area contributed by atoms with Crippen molar-refractivity contribution in [3.05, 3.63) is 92.9 Å². The van der Waals surface area contributed by atoms with Crippen LogP contribution in [0.4, 0.5) is 5.69 Å². The van der Waals surface area contributed by atoms with Crippen LogP contribution in [-0.4, -0.2) is 43.8 Å². The number of carbonyl (C=O) groups excluding carboxylic acids is 2. The molecule has 39 heavy (non-hydrogen) atoms. The normalized spacial score (nSPS) is 12.2. The largest absolute Gasteiger partial charge is 0.352 e. The Hall–Kier alpha value is -2.59. The van der Waals surface area contributed by atoms with Gasteiger partial charge in [0.25, 0.3) is 10.0 Å². The fourth-order valence-corrected chi connectivity index (χ4v) is 6.36. The molecule has 0 aliphatic heterocycles. The lowest BCUT2D eigenvalue weighted by molar-refractivity contribution is -0.140. The molecule has 1 atom stereocenters. The summed E-state index contributed by atoms with van der Waals surface area (Å²) in [6, 6.07) is 18.5. The van der Waals surface area contributed by atoms with Crippen LogP contribution in [0, 0.1) is 0 Å². The van der Waals surface area contributed by atoms with Gasteiger partial charge >= 0.3 is 0 Å². The number of carbonyl (C=O) groups is 2. The minimum atomic E-state index is -4.15. The van der Waals surface area contributed by atoms with Crippen LogP contribution in [0.25, 0.3) is 0 Å². The van der Waals surface area contributed by atoms with E-state index in [2.05, 4.69) is 21.2 Å². The molecule has 0 heterocycles. The second kappa shape index (κ2) is 13.7. The second-order valence-corrected chi connectivity index (χ2v) is 12.7. The third kappa shape index (κ3) is 7.75. The minimum Gasteiger partial charge on any atom is -0.352 e. The Morgan fingerprint density at radius 2 is 1.56 bits per heavy atom. The Labute approximate surface area is 248 Å². The van der Waals surface area contributed by atoms with Crippen LogP contribution < -0.4 is 9.62 Å². The molecule has 0 aromatic heterocycles. The average molecular weight is 655 g/mol. The molecule has 0 unspecified atom stereocenters. The fraction of sp³-hybridized carbons (Fsp3) is 0.286. The number of halogens is 3. The van der Waals surface area contributed by atoms with E-state index in [4.69, 9.17) is 23.2 Å². The molecule has 3 rings (SSSR count). The van der Waals surface area contributed by atoms with Gasteiger partial charge in [0.2, 0.25) is 11.8 Å². The molecule has 208 valence electrons. The minimum absolute atomic E-state index is 0.0306. The molecule has 0 bridgehead atoms. The summed E-state index contributed by atoms with van der Waals surface area (Å²) in [4.78, 5) is 28.6. The zero-order chi connectivity index (χ0) is 28.7. The number of nitrogens with one attached hydrogen (secondary N) is 1. The number of nitrogens with zero attached hydrogens (tertiary/aromatic N) is 2. The summed E-state index contributed by atoms with van der Waals surface area (Å²) in [5.74, 6) is -0.944. The van der Waals surface area contributed by atoms with Gasteiger partial charge in [0, 0.05) is 32.7 Å². The van der Waals surface area contributed by atoms with Gasteiger partial charge in [-0.1, -0.05) is 76.4 Å². The molecule has 0 fully saturated rings. The number of sulfonamides is 1. The van der Waals surface area contributed by atoms with Crippen molar-refractivity contribution in [2.75, 3.05) is 10.8 Å². The van der Waals surface area contributed by atoms with Gasteiger partial charge in [-0.2, -0.15) is 0 Å². The first-order valence-electron chi connectivity index (χ1n) is 12.3. The van der Waals surface area contributed by atoms with Gasteiger partial charge in [-0.25, -0.2) is 8.42 Å². The van der Waals surface area contributed by atoms with Crippen molar-refractivity contribution >= 4 is 66.7 Å². The van der Waals surface area contributed by atoms with Crippen molar-refractivity contribution in [1.82, 2.24) is 10.2 Å². The Bertz CT molecular complexity index is 1400. The maximum Gasteiger partial charge on any atom is 0.264 e. The maximum atomic E-state index is 14.0. The van der Waals surface area contributed by atoms with E-state index >= 15 is 0 Å². The highest BCUT2D eigenvalue weighted by Crippen LogP contribution is 2.29. The summed E-state index contributed by atoms with van der Waals surface area (Å²) < 4.78 is 29.3. The van der Waals surface area contributed by atoms with Gasteiger partial charge in [-0.3, -0.25) is 13.9 Å². The number of amides is 2. The summed E-state index contributed by atoms with van der Waals surface area (Å²) in [5.41, 5.74) is 0.752. The Balaban J connectivity index is 2.10. The van der Waals surface area contributed by atoms with Crippen molar-refractivity contribution in [3.8, 4) is 0 Å². The molecular formula is C28H30BrCl2N3O4S. The lowest BCUT2D eigenvalue weighted by atomic mass is 10.1. The van der Waals surface area contributed by atoms with E-state index in [1.807, 2.05) is 13.8 Å². The summed E-state index contributed by atoms with van der Waals surface area (Å²) in [7, 11) is -4.15. The predicted octanol–water partition coefficient (Wildman–Crippen LogP) is 6.28. The van der Waals surface area contributed by atoms with E-state index in [0.717, 1.165) is 4.31 Å². The van der Waals surface area contributed by atoms with Crippen molar-refractivity contribution in [2.45, 2.75) is 50.7 Å². The van der Waals surface area contributed by atoms with Crippen molar-refractivity contribution in [1.29, 1.82) is 0 Å². The van der Waals surface area contributed by atoms with Crippen LogP contribution in [0.2, 0.25) is 10.0 Å². The Kier molecular flexibility index (Phi) is 10.8. The quantitative estimate of drug-likeness (QED) is 0.264. The van der Waals surface area contributed by atoms with E-state index in [-0.39, 0.29) is 35.5 Å². The maximum absolute atomic E-state index is 14.0. The lowest BCUT2D eigenvalue weighted by Gasteiger charge is -2.34. The molecule has 11 heteroatoms. The van der Waals surface area contributed by atoms with Crippen LogP contribution in [0.3, 0.4) is 0 Å². The molecule has 3 aromatic rings. The first-order chi connectivity index (χ1) is 18.4. The predicted molar refractivity (Wildman–Crippen MR) is 159 cm³/mol. The SMILES string of the molecule is CC[C@H](C(=O)NC(C)C)N(Cc1c(Cl)cccc1Cl)C(=O)CN(c1cccc(Br)c1)S(=O)(=O)c1ccccc1. The summed E-state index contributed by atoms with van der Waals surface area (Å²) >= 11 is 16.2. The molecule has 7 nitrogen and oxygen atoms in total. The van der Waals surface area contributed by atoms with Crippen molar-refractivity contribution in [2.24, 2.45) is 0 Å². The first-order valence-corrected chi connectivity index (χ1v) is 15.3. The number of rotatable bonds is 11. The third-order valence-corrected chi connectivity index (χ3v) is 8.90. The molecule has 1 N–H and O–H groups in total. The molecule has 0 radical (unpaired) electrons. The molecule has 0 saturated heterocycles. The van der Waals surface area contributed by atoms with Gasteiger partial charge in [-0.05, 0) is 62.7 Å². The van der Waals surface area contributed by atoms with Gasteiger partial charge < -0.3 is 10.2 Å². The van der Waals surface area contributed by atoms with Crippen LogP contribution in [0.1, 0.15) is 32.8 Å². The molecule has 2 amide bonds. The topological polar surface area (TPSA) is 86.8 Å². The average Bonchev–Trinajstić information content (AvgIpc) is 2.88. The molecule has 0 aliphatic carbocycles. The number of hydrogen-bond acceptors (Lipinski definition) is 4. The van der Waals surface area contributed by atoms with Crippen LogP contribution in [0.15, 0.2) is 82.2 Å². The zero-order valence-corrected chi connectivity index (χ0v) is 25.7. The second-order valence-electron chi connectivity index (χ2n) is 9.11. The number of benzene rings is 3. The first kappa shape index (κ1) is 30.9. The van der Waals surface area contributed by atoms with Crippen LogP contribution >= 0.6 is 39.1 Å². The summed E-state index contributed by atoms with van der Waals surface area (Å²) in [6.07, 6.45) is 0.286. The van der Waals surface area contributed by atoms with Crippen LogP contribution in [0.5, 0.6) is 0 Å². The lowest BCUT2D eigenvalue weighted by Crippen LogP contribution is -2.53. The van der Waals surface area contributed by atoms with E-state index in [9.17, 15) is 18.0 Å². The van der Waals surface area contributed by atoms with Gasteiger partial charge in [-0.15, -0.1) is 0 Å². The highest BCUT2D eigenvalue weighted by atomic mass is 79.9. The molecule has 0 spiro atoms. The Morgan fingerprint density at radius 1 is 0.949 bits per heavy atom. The smallest absolute Gasteiger partial charge is 0.264 e. The van der Waals surface area contributed by atoms with Gasteiger partial charge in [0.05, 0.1) is 10.6 Å². The Morgan fingerprint density at radius 3 is 2.13 bits per heavy atom. The molecule has 3 aromatic carbocycles. The number of hydrogen-bond donors (Lipinski definition) is 1. The highest BCUT2D eigenvalue weighted by Gasteiger charge is 2.34.